The number of aromatic nitrogens is 4. The molecule has 2 aromatic rings. The Hall–Kier alpha value is -1.73. The molecule has 3 heterocycles. The highest BCUT2D eigenvalue weighted by molar-refractivity contribution is 5.86. The van der Waals surface area contributed by atoms with Crippen LogP contribution in [0.1, 0.15) is 32.0 Å². The number of fused-ring (bicyclic) bond motifs is 1. The Kier molecular flexibility index (Phi) is 3.54. The van der Waals surface area contributed by atoms with Crippen molar-refractivity contribution in [2.75, 3.05) is 12.0 Å². The molecule has 1 fully saturated rings. The van der Waals surface area contributed by atoms with Crippen LogP contribution in [0.15, 0.2) is 6.20 Å². The minimum absolute atomic E-state index is 0.587. The molecule has 1 aliphatic heterocycles. The first kappa shape index (κ1) is 13.3. The van der Waals surface area contributed by atoms with Crippen LogP contribution in [-0.4, -0.2) is 37.2 Å². The normalized spacial score (nSPS) is 20.4. The summed E-state index contributed by atoms with van der Waals surface area (Å²) in [6.07, 6.45) is 5.54. The van der Waals surface area contributed by atoms with Crippen LogP contribution in [0, 0.1) is 0 Å². The summed E-state index contributed by atoms with van der Waals surface area (Å²) in [6.45, 7) is 4.14. The topological polar surface area (TPSA) is 84.9 Å². The highest BCUT2D eigenvalue weighted by Gasteiger charge is 2.20. The fourth-order valence-electron chi connectivity index (χ4n) is 2.82. The van der Waals surface area contributed by atoms with Crippen LogP contribution < -0.4 is 11.3 Å². The summed E-state index contributed by atoms with van der Waals surface area (Å²) in [6, 6.07) is 0.587. The number of aryl methyl sites for hydroxylation is 1. The van der Waals surface area contributed by atoms with Crippen LogP contribution in [0.3, 0.4) is 0 Å². The van der Waals surface area contributed by atoms with Crippen LogP contribution in [0.2, 0.25) is 0 Å². The SMILES string of the molecule is CC1CCCCN1Cc1nc(NN)c2cnn(C)c2n1. The number of anilines is 1. The molecule has 0 aromatic carbocycles. The molecular weight excluding hydrogens is 254 g/mol. The summed E-state index contributed by atoms with van der Waals surface area (Å²) in [5.41, 5.74) is 3.46. The average molecular weight is 275 g/mol. The summed E-state index contributed by atoms with van der Waals surface area (Å²) in [7, 11) is 1.88. The number of nitrogens with zero attached hydrogens (tertiary/aromatic N) is 5. The predicted molar refractivity (Wildman–Crippen MR) is 77.8 cm³/mol. The quantitative estimate of drug-likeness (QED) is 0.642. The second-order valence-corrected chi connectivity index (χ2v) is 5.45. The predicted octanol–water partition coefficient (Wildman–Crippen LogP) is 1.02. The van der Waals surface area contributed by atoms with Crippen molar-refractivity contribution in [3.63, 3.8) is 0 Å². The summed E-state index contributed by atoms with van der Waals surface area (Å²) in [4.78, 5) is 11.6. The van der Waals surface area contributed by atoms with Gasteiger partial charge in [0.15, 0.2) is 11.5 Å². The highest BCUT2D eigenvalue weighted by Crippen LogP contribution is 2.22. The molecule has 108 valence electrons. The van der Waals surface area contributed by atoms with Crippen molar-refractivity contribution in [3.05, 3.63) is 12.0 Å². The number of rotatable bonds is 3. The minimum atomic E-state index is 0.587. The van der Waals surface area contributed by atoms with Gasteiger partial charge in [0.25, 0.3) is 0 Å². The molecule has 0 radical (unpaired) electrons. The number of nitrogen functional groups attached to an aromatic ring is 1. The van der Waals surface area contributed by atoms with Gasteiger partial charge in [0.05, 0.1) is 18.1 Å². The van der Waals surface area contributed by atoms with E-state index in [1.807, 2.05) is 7.05 Å². The smallest absolute Gasteiger partial charge is 0.163 e. The van der Waals surface area contributed by atoms with Crippen LogP contribution in [-0.2, 0) is 13.6 Å². The molecule has 20 heavy (non-hydrogen) atoms. The van der Waals surface area contributed by atoms with E-state index >= 15 is 0 Å². The van der Waals surface area contributed by atoms with Gasteiger partial charge in [0.1, 0.15) is 5.82 Å². The molecule has 0 amide bonds. The molecule has 1 aliphatic rings. The highest BCUT2D eigenvalue weighted by atomic mass is 15.3. The fraction of sp³-hybridized carbons (Fsp3) is 0.615. The van der Waals surface area contributed by atoms with Gasteiger partial charge in [-0.3, -0.25) is 9.58 Å². The van der Waals surface area contributed by atoms with Gasteiger partial charge >= 0.3 is 0 Å². The van der Waals surface area contributed by atoms with Gasteiger partial charge in [0, 0.05) is 13.1 Å². The third-order valence-corrected chi connectivity index (χ3v) is 4.06. The number of hydrazine groups is 1. The lowest BCUT2D eigenvalue weighted by atomic mass is 10.0. The van der Waals surface area contributed by atoms with Gasteiger partial charge in [-0.05, 0) is 26.3 Å². The van der Waals surface area contributed by atoms with Crippen LogP contribution in [0.4, 0.5) is 5.82 Å². The number of nitrogens with one attached hydrogen (secondary N) is 1. The molecule has 0 bridgehead atoms. The van der Waals surface area contributed by atoms with E-state index in [2.05, 4.69) is 32.3 Å². The zero-order valence-electron chi connectivity index (χ0n) is 12.0. The van der Waals surface area contributed by atoms with E-state index in [-0.39, 0.29) is 0 Å². The lowest BCUT2D eigenvalue weighted by Gasteiger charge is -2.32. The summed E-state index contributed by atoms with van der Waals surface area (Å²) in [5.74, 6) is 7.00. The maximum absolute atomic E-state index is 5.56. The van der Waals surface area contributed by atoms with Crippen LogP contribution in [0.5, 0.6) is 0 Å². The van der Waals surface area contributed by atoms with Crippen LogP contribution >= 0.6 is 0 Å². The standard InChI is InChI=1S/C13H21N7/c1-9-5-3-4-6-20(9)8-11-16-12(18-14)10-7-15-19(2)13(10)17-11/h7,9H,3-6,8,14H2,1-2H3,(H,16,17,18). The third kappa shape index (κ3) is 2.34. The van der Waals surface area contributed by atoms with Crippen LogP contribution in [0.25, 0.3) is 11.0 Å². The Bertz CT molecular complexity index is 606. The maximum Gasteiger partial charge on any atom is 0.163 e. The Morgan fingerprint density at radius 3 is 3.00 bits per heavy atom. The molecule has 0 aliphatic carbocycles. The van der Waals surface area contributed by atoms with Gasteiger partial charge < -0.3 is 5.43 Å². The molecule has 1 atom stereocenters. The number of likely N-dealkylation sites (tertiary alicyclic amines) is 1. The van der Waals surface area contributed by atoms with Crippen molar-refractivity contribution in [1.29, 1.82) is 0 Å². The zero-order chi connectivity index (χ0) is 14.1. The molecule has 3 rings (SSSR count). The van der Waals surface area contributed by atoms with E-state index in [1.54, 1.807) is 10.9 Å². The summed E-state index contributed by atoms with van der Waals surface area (Å²) >= 11 is 0. The Morgan fingerprint density at radius 1 is 1.40 bits per heavy atom. The van der Waals surface area contributed by atoms with Gasteiger partial charge in [-0.1, -0.05) is 6.42 Å². The van der Waals surface area contributed by atoms with E-state index in [0.29, 0.717) is 11.9 Å². The Labute approximate surface area is 118 Å². The van der Waals surface area contributed by atoms with E-state index < -0.39 is 0 Å². The molecule has 0 spiro atoms. The number of nitrogens with two attached hydrogens (primary N) is 1. The van der Waals surface area contributed by atoms with E-state index in [0.717, 1.165) is 29.9 Å². The second-order valence-electron chi connectivity index (χ2n) is 5.45. The van der Waals surface area contributed by atoms with E-state index in [1.165, 1.54) is 19.3 Å². The Morgan fingerprint density at radius 2 is 2.25 bits per heavy atom. The minimum Gasteiger partial charge on any atom is -0.308 e. The first-order chi connectivity index (χ1) is 9.69. The largest absolute Gasteiger partial charge is 0.308 e. The molecule has 7 nitrogen and oxygen atoms in total. The van der Waals surface area contributed by atoms with Crippen molar-refractivity contribution in [2.24, 2.45) is 12.9 Å². The molecule has 2 aromatic heterocycles. The van der Waals surface area contributed by atoms with E-state index in [4.69, 9.17) is 5.84 Å². The Balaban J connectivity index is 1.92. The molecule has 1 saturated heterocycles. The maximum atomic E-state index is 5.56. The van der Waals surface area contributed by atoms with Crippen molar-refractivity contribution >= 4 is 16.9 Å². The van der Waals surface area contributed by atoms with Crippen molar-refractivity contribution in [2.45, 2.75) is 38.8 Å². The first-order valence-corrected chi connectivity index (χ1v) is 7.08. The number of hydrogen-bond donors (Lipinski definition) is 2. The molecule has 7 heteroatoms. The molecule has 1 unspecified atom stereocenters. The van der Waals surface area contributed by atoms with Crippen molar-refractivity contribution < 1.29 is 0 Å². The zero-order valence-corrected chi connectivity index (χ0v) is 12.0. The first-order valence-electron chi connectivity index (χ1n) is 7.08. The number of hydrogen-bond acceptors (Lipinski definition) is 6. The summed E-state index contributed by atoms with van der Waals surface area (Å²) < 4.78 is 1.75. The summed E-state index contributed by atoms with van der Waals surface area (Å²) in [5, 5.41) is 5.06. The molecule has 0 saturated carbocycles. The fourth-order valence-corrected chi connectivity index (χ4v) is 2.82. The van der Waals surface area contributed by atoms with Gasteiger partial charge in [-0.2, -0.15) is 5.10 Å². The number of piperidine rings is 1. The van der Waals surface area contributed by atoms with Crippen molar-refractivity contribution in [1.82, 2.24) is 24.6 Å². The lowest BCUT2D eigenvalue weighted by Crippen LogP contribution is -2.37. The monoisotopic (exact) mass is 275 g/mol. The van der Waals surface area contributed by atoms with Gasteiger partial charge in [0.2, 0.25) is 0 Å². The average Bonchev–Trinajstić information content (AvgIpc) is 2.82. The molecule has 3 N–H and O–H groups in total. The van der Waals surface area contributed by atoms with Gasteiger partial charge in [-0.25, -0.2) is 15.8 Å². The second kappa shape index (κ2) is 5.34. The molecular formula is C13H21N7. The van der Waals surface area contributed by atoms with Gasteiger partial charge in [-0.15, -0.1) is 0 Å². The lowest BCUT2D eigenvalue weighted by molar-refractivity contribution is 0.149. The van der Waals surface area contributed by atoms with E-state index in [9.17, 15) is 0 Å². The third-order valence-electron chi connectivity index (χ3n) is 4.06. The van der Waals surface area contributed by atoms with Crippen molar-refractivity contribution in [3.8, 4) is 0 Å².